The van der Waals surface area contributed by atoms with Gasteiger partial charge in [-0.3, -0.25) is 14.9 Å². The number of rotatable bonds is 9. The van der Waals surface area contributed by atoms with Gasteiger partial charge in [-0.25, -0.2) is 4.98 Å². The van der Waals surface area contributed by atoms with Crippen LogP contribution in [0.15, 0.2) is 60.7 Å². The van der Waals surface area contributed by atoms with Crippen LogP contribution in [0.1, 0.15) is 56.3 Å². The molecule has 1 aliphatic rings. The number of fused-ring (bicyclic) bond motifs is 1. The van der Waals surface area contributed by atoms with Gasteiger partial charge in [-0.15, -0.1) is 24.8 Å². The number of nitrogens with two attached hydrogens (primary N) is 1. The Bertz CT molecular complexity index is 1550. The van der Waals surface area contributed by atoms with Gasteiger partial charge in [0.25, 0.3) is 5.24 Å². The topological polar surface area (TPSA) is 119 Å². The van der Waals surface area contributed by atoms with E-state index < -0.39 is 0 Å². The number of carbonyl (C=O) groups is 2. The van der Waals surface area contributed by atoms with Crippen LogP contribution in [0.3, 0.4) is 0 Å². The highest BCUT2D eigenvalue weighted by molar-refractivity contribution is 8.15. The van der Waals surface area contributed by atoms with Gasteiger partial charge in [0.05, 0.1) is 22.9 Å². The Morgan fingerprint density at radius 3 is 2.31 bits per heavy atom. The van der Waals surface area contributed by atoms with Gasteiger partial charge in [0.2, 0.25) is 5.91 Å². The number of carbonyl (C=O) groups excluding carboxylic acids is 2. The number of nitrogens with zero attached hydrogens (tertiary/aromatic N) is 1. The number of hydrogen-bond acceptors (Lipinski definition) is 7. The van der Waals surface area contributed by atoms with Crippen molar-refractivity contribution in [3.05, 3.63) is 83.2 Å². The Balaban J connectivity index is 0.00000242. The highest BCUT2D eigenvalue weighted by Crippen LogP contribution is 2.29. The van der Waals surface area contributed by atoms with Gasteiger partial charge in [0.15, 0.2) is 6.10 Å². The molecule has 8 nitrogen and oxygen atoms in total. The molecular weight excluding hydrogens is 595 g/mol. The van der Waals surface area contributed by atoms with Crippen molar-refractivity contribution in [2.75, 3.05) is 12.3 Å². The van der Waals surface area contributed by atoms with Crippen LogP contribution in [0.4, 0.5) is 10.5 Å². The second kappa shape index (κ2) is 13.7. The zero-order valence-corrected chi connectivity index (χ0v) is 26.4. The highest BCUT2D eigenvalue weighted by Gasteiger charge is 2.31. The first-order valence-corrected chi connectivity index (χ1v) is 14.2. The monoisotopic (exact) mass is 630 g/mol. The third-order valence-corrected chi connectivity index (χ3v) is 7.85. The van der Waals surface area contributed by atoms with Crippen LogP contribution in [0.25, 0.3) is 11.0 Å². The number of amides is 2. The standard InChI is InChI=1S/C31H34N4O4S.2ClH/c1-18(39-21-8-5-19(6-9-21)16-27-29(36)35-30(37)40-27)28-33-25-12-10-22(17-26(25)34-28)38-14-13-20-7-11-23(24(32)15-20)31(2,3)4;;/h5-12,15,17-18,27H,13-14,16,32H2,1-4H3,(H,33,34)(H,35,36,37);2*1H. The van der Waals surface area contributed by atoms with Gasteiger partial charge in [0, 0.05) is 18.2 Å². The lowest BCUT2D eigenvalue weighted by Crippen LogP contribution is -2.25. The van der Waals surface area contributed by atoms with Crippen molar-refractivity contribution in [1.29, 1.82) is 0 Å². The van der Waals surface area contributed by atoms with Crippen LogP contribution in [0.5, 0.6) is 11.5 Å². The molecule has 5 rings (SSSR count). The van der Waals surface area contributed by atoms with Gasteiger partial charge in [-0.1, -0.05) is 56.8 Å². The molecule has 1 fully saturated rings. The maximum absolute atomic E-state index is 11.8. The van der Waals surface area contributed by atoms with Gasteiger partial charge in [0.1, 0.15) is 17.3 Å². The number of ether oxygens (including phenoxy) is 2. The number of aromatic amines is 1. The first kappa shape index (κ1) is 33.1. The number of thioether (sulfide) groups is 1. The van der Waals surface area contributed by atoms with Crippen LogP contribution >= 0.6 is 36.6 Å². The molecule has 2 atom stereocenters. The lowest BCUT2D eigenvalue weighted by Gasteiger charge is -2.21. The molecule has 2 amide bonds. The number of halogens is 2. The maximum atomic E-state index is 11.8. The minimum atomic E-state index is -0.388. The van der Waals surface area contributed by atoms with E-state index in [1.54, 1.807) is 0 Å². The fraction of sp³-hybridized carbons (Fsp3) is 0.323. The van der Waals surface area contributed by atoms with Crippen molar-refractivity contribution in [2.24, 2.45) is 0 Å². The normalized spacial score (nSPS) is 15.5. The Hall–Kier alpha value is -3.40. The first-order chi connectivity index (χ1) is 19.0. The molecule has 2 unspecified atom stereocenters. The molecular formula is C31H36Cl2N4O4S. The first-order valence-electron chi connectivity index (χ1n) is 13.3. The van der Waals surface area contributed by atoms with Crippen molar-refractivity contribution in [1.82, 2.24) is 15.3 Å². The van der Waals surface area contributed by atoms with Crippen molar-refractivity contribution in [3.8, 4) is 11.5 Å². The third-order valence-electron chi connectivity index (χ3n) is 6.86. The number of aromatic nitrogens is 2. The van der Waals surface area contributed by atoms with E-state index in [0.717, 1.165) is 57.3 Å². The van der Waals surface area contributed by atoms with Crippen molar-refractivity contribution in [3.63, 3.8) is 0 Å². The van der Waals surface area contributed by atoms with Gasteiger partial charge >= 0.3 is 0 Å². The number of nitrogens with one attached hydrogen (secondary N) is 2. The number of hydrogen-bond donors (Lipinski definition) is 3. The summed E-state index contributed by atoms with van der Waals surface area (Å²) >= 11 is 1.03. The predicted molar refractivity (Wildman–Crippen MR) is 173 cm³/mol. The molecule has 3 aromatic carbocycles. The Morgan fingerprint density at radius 2 is 1.67 bits per heavy atom. The van der Waals surface area contributed by atoms with E-state index in [9.17, 15) is 9.59 Å². The molecule has 0 spiro atoms. The Morgan fingerprint density at radius 1 is 0.976 bits per heavy atom. The molecule has 42 heavy (non-hydrogen) atoms. The summed E-state index contributed by atoms with van der Waals surface area (Å²) < 4.78 is 12.1. The number of anilines is 1. The number of benzene rings is 3. The molecule has 4 aromatic rings. The molecule has 4 N–H and O–H groups in total. The fourth-order valence-corrected chi connectivity index (χ4v) is 5.59. The van der Waals surface area contributed by atoms with E-state index in [-0.39, 0.29) is 52.7 Å². The summed E-state index contributed by atoms with van der Waals surface area (Å²) in [6.45, 7) is 8.96. The van der Waals surface area contributed by atoms with Crippen LogP contribution in [-0.4, -0.2) is 33.0 Å². The summed E-state index contributed by atoms with van der Waals surface area (Å²) in [5, 5.41) is 1.64. The number of imide groups is 1. The second-order valence-corrected chi connectivity index (χ2v) is 12.2. The number of H-pyrrole nitrogens is 1. The minimum Gasteiger partial charge on any atom is -0.493 e. The van der Waals surface area contributed by atoms with E-state index in [0.29, 0.717) is 24.6 Å². The summed E-state index contributed by atoms with van der Waals surface area (Å²) in [6.07, 6.45) is 0.941. The Labute approximate surface area is 262 Å². The summed E-state index contributed by atoms with van der Waals surface area (Å²) in [6, 6.07) is 19.6. The summed E-state index contributed by atoms with van der Waals surface area (Å²) in [5.41, 5.74) is 12.1. The van der Waals surface area contributed by atoms with Gasteiger partial charge < -0.3 is 20.2 Å². The molecule has 1 aromatic heterocycles. The number of imidazole rings is 1. The lowest BCUT2D eigenvalue weighted by molar-refractivity contribution is -0.118. The Kier molecular flexibility index (Phi) is 10.8. The molecule has 1 saturated heterocycles. The minimum absolute atomic E-state index is 0. The molecule has 0 aliphatic carbocycles. The highest BCUT2D eigenvalue weighted by atomic mass is 35.5. The summed E-state index contributed by atoms with van der Waals surface area (Å²) in [5.74, 6) is 1.93. The largest absolute Gasteiger partial charge is 0.493 e. The molecule has 0 bridgehead atoms. The van der Waals surface area contributed by atoms with Gasteiger partial charge in [-0.05, 0) is 65.8 Å². The lowest BCUT2D eigenvalue weighted by atomic mass is 9.85. The van der Waals surface area contributed by atoms with E-state index in [4.69, 9.17) is 15.2 Å². The van der Waals surface area contributed by atoms with Crippen LogP contribution in [-0.2, 0) is 23.1 Å². The molecule has 0 radical (unpaired) electrons. The van der Waals surface area contributed by atoms with Crippen molar-refractivity contribution < 1.29 is 19.1 Å². The fourth-order valence-electron chi connectivity index (χ4n) is 4.73. The average Bonchev–Trinajstić information content (AvgIpc) is 3.46. The van der Waals surface area contributed by atoms with Crippen LogP contribution < -0.4 is 20.5 Å². The van der Waals surface area contributed by atoms with E-state index >= 15 is 0 Å². The third kappa shape index (κ3) is 7.91. The molecule has 0 saturated carbocycles. The van der Waals surface area contributed by atoms with Crippen LogP contribution in [0, 0.1) is 0 Å². The summed E-state index contributed by atoms with van der Waals surface area (Å²) in [7, 11) is 0. The van der Waals surface area contributed by atoms with Crippen molar-refractivity contribution in [2.45, 2.75) is 57.3 Å². The van der Waals surface area contributed by atoms with Crippen molar-refractivity contribution >= 4 is 64.4 Å². The maximum Gasteiger partial charge on any atom is 0.286 e. The zero-order chi connectivity index (χ0) is 28.4. The zero-order valence-electron chi connectivity index (χ0n) is 23.9. The van der Waals surface area contributed by atoms with E-state index in [2.05, 4.69) is 48.2 Å². The number of nitrogen functional groups attached to an aromatic ring is 1. The molecule has 224 valence electrons. The molecule has 2 heterocycles. The quantitative estimate of drug-likeness (QED) is 0.171. The molecule has 1 aliphatic heterocycles. The molecule has 11 heteroatoms. The summed E-state index contributed by atoms with van der Waals surface area (Å²) in [4.78, 5) is 31.2. The smallest absolute Gasteiger partial charge is 0.286 e. The van der Waals surface area contributed by atoms with Gasteiger partial charge in [-0.2, -0.15) is 0 Å². The van der Waals surface area contributed by atoms with Crippen LogP contribution in [0.2, 0.25) is 0 Å². The average molecular weight is 632 g/mol. The SMILES string of the molecule is CC(Oc1ccc(CC2SC(=O)NC2=O)cc1)c1nc2ccc(OCCc3ccc(C(C)(C)C)c(N)c3)cc2[nH]1.Cl.Cl. The van der Waals surface area contributed by atoms with E-state index in [1.807, 2.05) is 55.5 Å². The predicted octanol–water partition coefficient (Wildman–Crippen LogP) is 6.94. The van der Waals surface area contributed by atoms with E-state index in [1.165, 1.54) is 0 Å². The second-order valence-electron chi connectivity index (χ2n) is 11.1.